The molecule has 112 valence electrons. The van der Waals surface area contributed by atoms with E-state index in [1.54, 1.807) is 14.0 Å². The Balaban J connectivity index is 3.73. The summed E-state index contributed by atoms with van der Waals surface area (Å²) in [5.41, 5.74) is 0. The maximum Gasteiger partial charge on any atom is 0.229 e. The van der Waals surface area contributed by atoms with E-state index in [1.807, 2.05) is 0 Å². The number of sulfone groups is 1. The van der Waals surface area contributed by atoms with Crippen molar-refractivity contribution in [1.82, 2.24) is 10.6 Å². The van der Waals surface area contributed by atoms with Crippen LogP contribution < -0.4 is 10.6 Å². The second-order valence-corrected chi connectivity index (χ2v) is 7.65. The monoisotopic (exact) mass is 310 g/mol. The van der Waals surface area contributed by atoms with Gasteiger partial charge in [-0.25, -0.2) is 8.42 Å². The first-order valence-corrected chi connectivity index (χ1v) is 9.21. The average molecular weight is 310 g/mol. The first-order chi connectivity index (χ1) is 8.76. The van der Waals surface area contributed by atoms with Gasteiger partial charge in [-0.3, -0.25) is 9.59 Å². The van der Waals surface area contributed by atoms with Gasteiger partial charge in [-0.05, 0) is 6.42 Å². The minimum atomic E-state index is -2.97. The molecule has 0 fully saturated rings. The zero-order chi connectivity index (χ0) is 14.9. The SMILES string of the molecule is CNC(=O)CSC[C@H](C)C(=O)NCCCS(C)(=O)=O. The lowest BCUT2D eigenvalue weighted by Crippen LogP contribution is -2.32. The summed E-state index contributed by atoms with van der Waals surface area (Å²) >= 11 is 1.40. The molecule has 2 amide bonds. The summed E-state index contributed by atoms with van der Waals surface area (Å²) in [6, 6.07) is 0. The number of nitrogens with one attached hydrogen (secondary N) is 2. The van der Waals surface area contributed by atoms with Gasteiger partial charge in [-0.1, -0.05) is 6.92 Å². The normalized spacial score (nSPS) is 12.8. The van der Waals surface area contributed by atoms with Gasteiger partial charge < -0.3 is 10.6 Å². The third-order valence-corrected chi connectivity index (χ3v) is 4.55. The van der Waals surface area contributed by atoms with Crippen molar-refractivity contribution in [2.24, 2.45) is 5.92 Å². The number of thioether (sulfide) groups is 1. The summed E-state index contributed by atoms with van der Waals surface area (Å²) in [5, 5.41) is 5.20. The average Bonchev–Trinajstić information content (AvgIpc) is 2.32. The van der Waals surface area contributed by atoms with E-state index in [4.69, 9.17) is 0 Å². The highest BCUT2D eigenvalue weighted by molar-refractivity contribution is 7.99. The summed E-state index contributed by atoms with van der Waals surface area (Å²) < 4.78 is 21.8. The third kappa shape index (κ3) is 10.8. The van der Waals surface area contributed by atoms with Crippen LogP contribution in [0.3, 0.4) is 0 Å². The van der Waals surface area contributed by atoms with Crippen molar-refractivity contribution in [3.63, 3.8) is 0 Å². The van der Waals surface area contributed by atoms with Gasteiger partial charge in [0.05, 0.1) is 11.5 Å². The molecular formula is C11H22N2O4S2. The minimum Gasteiger partial charge on any atom is -0.358 e. The molecule has 0 rings (SSSR count). The van der Waals surface area contributed by atoms with Crippen molar-refractivity contribution < 1.29 is 18.0 Å². The van der Waals surface area contributed by atoms with Crippen LogP contribution in [0.4, 0.5) is 0 Å². The van der Waals surface area contributed by atoms with E-state index < -0.39 is 9.84 Å². The van der Waals surface area contributed by atoms with Crippen molar-refractivity contribution in [1.29, 1.82) is 0 Å². The number of amides is 2. The van der Waals surface area contributed by atoms with Crippen LogP contribution in [-0.4, -0.2) is 57.3 Å². The van der Waals surface area contributed by atoms with Crippen LogP contribution in [0.1, 0.15) is 13.3 Å². The quantitative estimate of drug-likeness (QED) is 0.568. The molecule has 2 N–H and O–H groups in total. The molecule has 19 heavy (non-hydrogen) atoms. The highest BCUT2D eigenvalue weighted by Gasteiger charge is 2.13. The number of hydrogen-bond donors (Lipinski definition) is 2. The zero-order valence-electron chi connectivity index (χ0n) is 11.6. The molecule has 6 nitrogen and oxygen atoms in total. The maximum absolute atomic E-state index is 11.6. The third-order valence-electron chi connectivity index (χ3n) is 2.32. The number of hydrogen-bond acceptors (Lipinski definition) is 5. The summed E-state index contributed by atoms with van der Waals surface area (Å²) in [5.74, 6) is 0.595. The lowest BCUT2D eigenvalue weighted by Gasteiger charge is -2.11. The molecule has 8 heteroatoms. The van der Waals surface area contributed by atoms with Gasteiger partial charge in [-0.2, -0.15) is 11.8 Å². The van der Waals surface area contributed by atoms with Gasteiger partial charge in [0.15, 0.2) is 0 Å². The van der Waals surface area contributed by atoms with E-state index in [1.165, 1.54) is 18.0 Å². The molecule has 0 aliphatic heterocycles. The highest BCUT2D eigenvalue weighted by Crippen LogP contribution is 2.08. The Morgan fingerprint density at radius 1 is 1.32 bits per heavy atom. The Kier molecular flexibility index (Phi) is 8.82. The van der Waals surface area contributed by atoms with E-state index in [-0.39, 0.29) is 23.5 Å². The van der Waals surface area contributed by atoms with Crippen molar-refractivity contribution >= 4 is 33.4 Å². The second-order valence-electron chi connectivity index (χ2n) is 4.36. The Bertz CT molecular complexity index is 395. The van der Waals surface area contributed by atoms with Crippen LogP contribution in [0, 0.1) is 5.92 Å². The first kappa shape index (κ1) is 18.2. The van der Waals surface area contributed by atoms with E-state index in [9.17, 15) is 18.0 Å². The summed E-state index contributed by atoms with van der Waals surface area (Å²) in [6.07, 6.45) is 1.59. The predicted molar refractivity (Wildman–Crippen MR) is 77.9 cm³/mol. The van der Waals surface area contributed by atoms with E-state index in [2.05, 4.69) is 10.6 Å². The smallest absolute Gasteiger partial charge is 0.229 e. The lowest BCUT2D eigenvalue weighted by molar-refractivity contribution is -0.124. The Morgan fingerprint density at radius 2 is 1.95 bits per heavy atom. The topological polar surface area (TPSA) is 92.3 Å². The standard InChI is InChI=1S/C11H22N2O4S2/c1-9(7-18-8-10(14)12-2)11(15)13-5-4-6-19(3,16)17/h9H,4-8H2,1-3H3,(H,12,14)(H,13,15)/t9-/m0/s1. The molecule has 0 radical (unpaired) electrons. The molecule has 0 aromatic rings. The molecule has 0 unspecified atom stereocenters. The summed E-state index contributed by atoms with van der Waals surface area (Å²) in [6.45, 7) is 2.14. The Hall–Kier alpha value is -0.760. The van der Waals surface area contributed by atoms with Crippen LogP contribution in [0.5, 0.6) is 0 Å². The van der Waals surface area contributed by atoms with Crippen molar-refractivity contribution in [3.05, 3.63) is 0 Å². The van der Waals surface area contributed by atoms with E-state index in [0.29, 0.717) is 24.5 Å². The van der Waals surface area contributed by atoms with Crippen LogP contribution >= 0.6 is 11.8 Å². The van der Waals surface area contributed by atoms with Crippen LogP contribution in [0.2, 0.25) is 0 Å². The van der Waals surface area contributed by atoms with Gasteiger partial charge in [0.2, 0.25) is 11.8 Å². The molecule has 0 aromatic heterocycles. The van der Waals surface area contributed by atoms with Crippen LogP contribution in [-0.2, 0) is 19.4 Å². The highest BCUT2D eigenvalue weighted by atomic mass is 32.2. The van der Waals surface area contributed by atoms with E-state index in [0.717, 1.165) is 0 Å². The molecule has 0 spiro atoms. The molecule has 0 heterocycles. The van der Waals surface area contributed by atoms with Crippen molar-refractivity contribution in [2.45, 2.75) is 13.3 Å². The van der Waals surface area contributed by atoms with Gasteiger partial charge in [0, 0.05) is 31.5 Å². The Morgan fingerprint density at radius 3 is 2.47 bits per heavy atom. The van der Waals surface area contributed by atoms with Crippen molar-refractivity contribution in [3.8, 4) is 0 Å². The molecule has 0 aliphatic rings. The summed E-state index contributed by atoms with van der Waals surface area (Å²) in [7, 11) is -1.40. The number of carbonyl (C=O) groups is 2. The fraction of sp³-hybridized carbons (Fsp3) is 0.818. The summed E-state index contributed by atoms with van der Waals surface area (Å²) in [4.78, 5) is 22.6. The largest absolute Gasteiger partial charge is 0.358 e. The predicted octanol–water partition coefficient (Wildman–Crippen LogP) is -0.347. The molecule has 0 bridgehead atoms. The fourth-order valence-electron chi connectivity index (χ4n) is 1.20. The first-order valence-electron chi connectivity index (χ1n) is 6.00. The molecular weight excluding hydrogens is 288 g/mol. The van der Waals surface area contributed by atoms with Gasteiger partial charge in [0.1, 0.15) is 9.84 Å². The number of carbonyl (C=O) groups excluding carboxylic acids is 2. The second kappa shape index (κ2) is 9.19. The van der Waals surface area contributed by atoms with Gasteiger partial charge >= 0.3 is 0 Å². The Labute approximate surface area is 119 Å². The minimum absolute atomic E-state index is 0.0641. The molecule has 0 aromatic carbocycles. The van der Waals surface area contributed by atoms with Crippen LogP contribution in [0.25, 0.3) is 0 Å². The fourth-order valence-corrected chi connectivity index (χ4v) is 2.82. The molecule has 0 saturated carbocycles. The van der Waals surface area contributed by atoms with E-state index >= 15 is 0 Å². The van der Waals surface area contributed by atoms with Crippen molar-refractivity contribution in [2.75, 3.05) is 37.1 Å². The van der Waals surface area contributed by atoms with Gasteiger partial charge in [0.25, 0.3) is 0 Å². The maximum atomic E-state index is 11.6. The zero-order valence-corrected chi connectivity index (χ0v) is 13.2. The number of rotatable bonds is 9. The van der Waals surface area contributed by atoms with Gasteiger partial charge in [-0.15, -0.1) is 0 Å². The molecule has 0 aliphatic carbocycles. The molecule has 1 atom stereocenters. The lowest BCUT2D eigenvalue weighted by atomic mass is 10.2. The van der Waals surface area contributed by atoms with Crippen LogP contribution in [0.15, 0.2) is 0 Å². The molecule has 0 saturated heterocycles.